The molecular weight excluding hydrogens is 392 g/mol. The van der Waals surface area contributed by atoms with Crippen molar-refractivity contribution < 1.29 is 23.1 Å². The molecule has 3 rings (SSSR count). The van der Waals surface area contributed by atoms with Gasteiger partial charge in [-0.1, -0.05) is 23.7 Å². The van der Waals surface area contributed by atoms with Gasteiger partial charge in [0.2, 0.25) is 5.91 Å². The normalized spacial score (nSPS) is 16.7. The second-order valence-corrected chi connectivity index (χ2v) is 6.75. The Morgan fingerprint density at radius 1 is 1.25 bits per heavy atom. The van der Waals surface area contributed by atoms with Gasteiger partial charge in [0.1, 0.15) is 11.6 Å². The van der Waals surface area contributed by atoms with Crippen molar-refractivity contribution in [1.82, 2.24) is 9.88 Å². The molecule has 148 valence electrons. The lowest BCUT2D eigenvalue weighted by Gasteiger charge is -2.32. The first kappa shape index (κ1) is 20.0. The molecule has 2 aromatic rings. The first-order valence-electron chi connectivity index (χ1n) is 8.69. The van der Waals surface area contributed by atoms with Crippen LogP contribution < -0.4 is 10.1 Å². The smallest absolute Gasteiger partial charge is 0.387 e. The number of benzene rings is 1. The van der Waals surface area contributed by atoms with E-state index in [9.17, 15) is 18.4 Å². The second kappa shape index (κ2) is 8.97. The lowest BCUT2D eigenvalue weighted by atomic mass is 9.96. The van der Waals surface area contributed by atoms with E-state index in [1.807, 2.05) is 0 Å². The van der Waals surface area contributed by atoms with Crippen LogP contribution >= 0.6 is 11.6 Å². The van der Waals surface area contributed by atoms with Gasteiger partial charge in [-0.2, -0.15) is 8.78 Å². The zero-order valence-electron chi connectivity index (χ0n) is 14.8. The number of piperidine rings is 1. The molecule has 0 radical (unpaired) electrons. The van der Waals surface area contributed by atoms with Gasteiger partial charge in [0.15, 0.2) is 0 Å². The van der Waals surface area contributed by atoms with E-state index in [1.54, 1.807) is 18.2 Å². The number of anilines is 1. The Labute approximate surface area is 165 Å². The van der Waals surface area contributed by atoms with Gasteiger partial charge in [0, 0.05) is 19.3 Å². The van der Waals surface area contributed by atoms with Crippen LogP contribution in [0.15, 0.2) is 42.6 Å². The number of nitrogens with one attached hydrogen (secondary N) is 1. The molecule has 0 saturated carbocycles. The molecule has 0 aliphatic carbocycles. The number of rotatable bonds is 5. The van der Waals surface area contributed by atoms with Crippen LogP contribution in [0, 0.1) is 5.92 Å². The van der Waals surface area contributed by atoms with Crippen LogP contribution in [0.4, 0.5) is 14.6 Å². The number of pyridine rings is 1. The van der Waals surface area contributed by atoms with Gasteiger partial charge in [-0.3, -0.25) is 9.59 Å². The van der Waals surface area contributed by atoms with Crippen molar-refractivity contribution in [2.24, 2.45) is 5.92 Å². The Morgan fingerprint density at radius 3 is 2.75 bits per heavy atom. The number of halogens is 3. The molecule has 0 unspecified atom stereocenters. The largest absolute Gasteiger partial charge is 0.434 e. The summed E-state index contributed by atoms with van der Waals surface area (Å²) in [5, 5.41) is 3.16. The molecule has 1 aromatic carbocycles. The van der Waals surface area contributed by atoms with Crippen LogP contribution in [0.2, 0.25) is 5.02 Å². The van der Waals surface area contributed by atoms with Crippen molar-refractivity contribution in [3.05, 3.63) is 53.2 Å². The van der Waals surface area contributed by atoms with E-state index in [-0.39, 0.29) is 23.8 Å². The van der Waals surface area contributed by atoms with E-state index in [2.05, 4.69) is 15.0 Å². The van der Waals surface area contributed by atoms with Crippen LogP contribution in [-0.2, 0) is 4.79 Å². The van der Waals surface area contributed by atoms with Gasteiger partial charge in [0.05, 0.1) is 16.5 Å². The molecule has 1 saturated heterocycles. The molecule has 1 aliphatic heterocycles. The van der Waals surface area contributed by atoms with Crippen LogP contribution in [0.3, 0.4) is 0 Å². The lowest BCUT2D eigenvalue weighted by Crippen LogP contribution is -2.44. The quantitative estimate of drug-likeness (QED) is 0.814. The summed E-state index contributed by atoms with van der Waals surface area (Å²) in [5.74, 6) is -0.950. The zero-order chi connectivity index (χ0) is 20.1. The summed E-state index contributed by atoms with van der Waals surface area (Å²) in [6, 6.07) is 9.04. The highest BCUT2D eigenvalue weighted by Gasteiger charge is 2.30. The number of amides is 2. The number of likely N-dealkylation sites (tertiary alicyclic amines) is 1. The molecule has 9 heteroatoms. The number of carbonyl (C=O) groups excluding carboxylic acids is 2. The monoisotopic (exact) mass is 409 g/mol. The molecule has 1 N–H and O–H groups in total. The maximum Gasteiger partial charge on any atom is 0.387 e. The SMILES string of the molecule is O=C(Nc1ccc(Cl)cn1)[C@@H]1CCCN(C(=O)c2ccccc2OC(F)F)C1. The number of alkyl halides is 2. The van der Waals surface area contributed by atoms with E-state index >= 15 is 0 Å². The average Bonchev–Trinajstić information content (AvgIpc) is 2.69. The summed E-state index contributed by atoms with van der Waals surface area (Å²) in [6.07, 6.45) is 2.65. The minimum atomic E-state index is -3.03. The number of nitrogens with zero attached hydrogens (tertiary/aromatic N) is 2. The molecule has 28 heavy (non-hydrogen) atoms. The highest BCUT2D eigenvalue weighted by Crippen LogP contribution is 2.25. The van der Waals surface area contributed by atoms with Crippen LogP contribution in [-0.4, -0.2) is 41.4 Å². The molecule has 2 heterocycles. The number of carbonyl (C=O) groups is 2. The topological polar surface area (TPSA) is 71.5 Å². The Morgan fingerprint density at radius 2 is 2.04 bits per heavy atom. The van der Waals surface area contributed by atoms with Gasteiger partial charge in [0.25, 0.3) is 5.91 Å². The molecule has 0 bridgehead atoms. The summed E-state index contributed by atoms with van der Waals surface area (Å²) in [7, 11) is 0. The maximum atomic E-state index is 12.8. The minimum absolute atomic E-state index is 0.0447. The molecule has 0 spiro atoms. The van der Waals surface area contributed by atoms with E-state index in [0.717, 1.165) is 0 Å². The molecule has 1 aliphatic rings. The van der Waals surface area contributed by atoms with Gasteiger partial charge in [-0.05, 0) is 37.1 Å². The van der Waals surface area contributed by atoms with Crippen LogP contribution in [0.25, 0.3) is 0 Å². The van der Waals surface area contributed by atoms with Crippen LogP contribution in [0.5, 0.6) is 5.75 Å². The Balaban J connectivity index is 1.68. The number of ether oxygens (including phenoxy) is 1. The van der Waals surface area contributed by atoms with Crippen molar-refractivity contribution in [3.63, 3.8) is 0 Å². The van der Waals surface area contributed by atoms with E-state index in [1.165, 1.54) is 29.3 Å². The summed E-state index contributed by atoms with van der Waals surface area (Å²) in [5.41, 5.74) is 0.0447. The lowest BCUT2D eigenvalue weighted by molar-refractivity contribution is -0.121. The number of hydrogen-bond donors (Lipinski definition) is 1. The second-order valence-electron chi connectivity index (χ2n) is 6.32. The zero-order valence-corrected chi connectivity index (χ0v) is 15.5. The molecule has 1 atom stereocenters. The summed E-state index contributed by atoms with van der Waals surface area (Å²) < 4.78 is 29.6. The predicted octanol–water partition coefficient (Wildman–Crippen LogP) is 3.83. The third-order valence-electron chi connectivity index (χ3n) is 4.39. The highest BCUT2D eigenvalue weighted by molar-refractivity contribution is 6.30. The Bertz CT molecular complexity index is 849. The van der Waals surface area contributed by atoms with Crippen molar-refractivity contribution in [3.8, 4) is 5.75 Å². The van der Waals surface area contributed by atoms with Crippen molar-refractivity contribution in [1.29, 1.82) is 0 Å². The Hall–Kier alpha value is -2.74. The summed E-state index contributed by atoms with van der Waals surface area (Å²) >= 11 is 5.78. The molecule has 6 nitrogen and oxygen atoms in total. The van der Waals surface area contributed by atoms with Gasteiger partial charge >= 0.3 is 6.61 Å². The van der Waals surface area contributed by atoms with Gasteiger partial charge < -0.3 is 15.0 Å². The van der Waals surface area contributed by atoms with E-state index in [4.69, 9.17) is 11.6 Å². The third kappa shape index (κ3) is 4.95. The molecule has 2 amide bonds. The van der Waals surface area contributed by atoms with Gasteiger partial charge in [-0.25, -0.2) is 4.98 Å². The fraction of sp³-hybridized carbons (Fsp3) is 0.316. The van der Waals surface area contributed by atoms with Crippen molar-refractivity contribution >= 4 is 29.2 Å². The van der Waals surface area contributed by atoms with Crippen molar-refractivity contribution in [2.75, 3.05) is 18.4 Å². The predicted molar refractivity (Wildman–Crippen MR) is 99.6 cm³/mol. The van der Waals surface area contributed by atoms with Gasteiger partial charge in [-0.15, -0.1) is 0 Å². The highest BCUT2D eigenvalue weighted by atomic mass is 35.5. The molecule has 1 fully saturated rings. The van der Waals surface area contributed by atoms with E-state index < -0.39 is 18.4 Å². The fourth-order valence-corrected chi connectivity index (χ4v) is 3.18. The maximum absolute atomic E-state index is 12.8. The molecule has 1 aromatic heterocycles. The average molecular weight is 410 g/mol. The van der Waals surface area contributed by atoms with Crippen molar-refractivity contribution in [2.45, 2.75) is 19.5 Å². The van der Waals surface area contributed by atoms with Crippen LogP contribution in [0.1, 0.15) is 23.2 Å². The van der Waals surface area contributed by atoms with E-state index in [0.29, 0.717) is 30.2 Å². The minimum Gasteiger partial charge on any atom is -0.434 e. The number of para-hydroxylation sites is 1. The molecular formula is C19H18ClF2N3O3. The summed E-state index contributed by atoms with van der Waals surface area (Å²) in [6.45, 7) is -2.41. The summed E-state index contributed by atoms with van der Waals surface area (Å²) in [4.78, 5) is 30.8. The first-order chi connectivity index (χ1) is 13.4. The first-order valence-corrected chi connectivity index (χ1v) is 9.07. The Kier molecular flexibility index (Phi) is 6.41. The standard InChI is InChI=1S/C19H18ClF2N3O3/c20-13-7-8-16(23-10-13)24-17(26)12-4-3-9-25(11-12)18(27)14-5-1-2-6-15(14)28-19(21)22/h1-2,5-8,10,12,19H,3-4,9,11H2,(H,23,24,26)/t12-/m1/s1. The fourth-order valence-electron chi connectivity index (χ4n) is 3.07. The number of aromatic nitrogens is 1. The number of hydrogen-bond acceptors (Lipinski definition) is 4. The third-order valence-corrected chi connectivity index (χ3v) is 4.62.